The first-order chi connectivity index (χ1) is 19.9. The van der Waals surface area contributed by atoms with Crippen LogP contribution >= 0.6 is 11.3 Å². The Kier molecular flexibility index (Phi) is 8.43. The number of hydrogen-bond acceptors (Lipinski definition) is 6. The van der Waals surface area contributed by atoms with Crippen LogP contribution in [0, 0.1) is 24.7 Å². The molecule has 1 saturated carbocycles. The fourth-order valence-electron chi connectivity index (χ4n) is 4.49. The van der Waals surface area contributed by atoms with Gasteiger partial charge in [0.1, 0.15) is 10.8 Å². The molecule has 1 aliphatic rings. The van der Waals surface area contributed by atoms with Gasteiger partial charge in [0.25, 0.3) is 0 Å². The predicted octanol–water partition coefficient (Wildman–Crippen LogP) is 6.06. The molecule has 10 heteroatoms. The molecule has 2 heterocycles. The van der Waals surface area contributed by atoms with E-state index >= 15 is 0 Å². The van der Waals surface area contributed by atoms with E-state index in [4.69, 9.17) is 0 Å². The van der Waals surface area contributed by atoms with E-state index in [2.05, 4.69) is 21.8 Å². The van der Waals surface area contributed by atoms with Gasteiger partial charge in [-0.25, -0.2) is 9.97 Å². The second-order valence-corrected chi connectivity index (χ2v) is 11.9. The summed E-state index contributed by atoms with van der Waals surface area (Å²) in [4.78, 5) is 36.6. The van der Waals surface area contributed by atoms with Gasteiger partial charge in [-0.05, 0) is 75.2 Å². The molecule has 216 valence electrons. The number of aromatic nitrogens is 3. The van der Waals surface area contributed by atoms with Gasteiger partial charge in [-0.2, -0.15) is 13.2 Å². The van der Waals surface area contributed by atoms with Gasteiger partial charge >= 0.3 is 6.18 Å². The average molecular weight is 591 g/mol. The van der Waals surface area contributed by atoms with Crippen LogP contribution in [0.1, 0.15) is 61.0 Å². The fraction of sp³-hybridized carbons (Fsp3) is 0.312. The molecule has 1 aliphatic carbocycles. The molecule has 0 N–H and O–H groups in total. The highest BCUT2D eigenvalue weighted by Crippen LogP contribution is 2.33. The molecular formula is C32H29F3N4O2S. The molecule has 4 aromatic rings. The Morgan fingerprint density at radius 1 is 1.07 bits per heavy atom. The van der Waals surface area contributed by atoms with Crippen LogP contribution in [0.2, 0.25) is 0 Å². The van der Waals surface area contributed by atoms with Gasteiger partial charge in [0.05, 0.1) is 35.1 Å². The van der Waals surface area contributed by atoms with E-state index < -0.39 is 11.7 Å². The van der Waals surface area contributed by atoms with Gasteiger partial charge in [-0.3, -0.25) is 9.59 Å². The molecule has 6 nitrogen and oxygen atoms in total. The second-order valence-electron chi connectivity index (χ2n) is 10.8. The third kappa shape index (κ3) is 7.41. The topological polar surface area (TPSA) is 68.1 Å². The van der Waals surface area contributed by atoms with Gasteiger partial charge in [-0.1, -0.05) is 18.1 Å². The molecule has 0 aliphatic heterocycles. The van der Waals surface area contributed by atoms with E-state index in [1.807, 2.05) is 25.9 Å². The number of ketones is 2. The number of Topliss-reactive ketones (excluding diaryl/α,β-unsaturated/α-hetero) is 2. The summed E-state index contributed by atoms with van der Waals surface area (Å²) >= 11 is 1.38. The van der Waals surface area contributed by atoms with Gasteiger partial charge in [0.2, 0.25) is 0 Å². The lowest BCUT2D eigenvalue weighted by atomic mass is 9.97. The van der Waals surface area contributed by atoms with Crippen molar-refractivity contribution in [2.24, 2.45) is 5.92 Å². The first kappa shape index (κ1) is 29.4. The van der Waals surface area contributed by atoms with E-state index in [-0.39, 0.29) is 35.2 Å². The maximum absolute atomic E-state index is 13.8. The monoisotopic (exact) mass is 590 g/mol. The van der Waals surface area contributed by atoms with Crippen molar-refractivity contribution < 1.29 is 22.8 Å². The number of alkyl halides is 3. The third-order valence-corrected chi connectivity index (χ3v) is 7.79. The van der Waals surface area contributed by atoms with Crippen LogP contribution in [0.15, 0.2) is 55.1 Å². The number of halogens is 3. The smallest absolute Gasteiger partial charge is 0.306 e. The van der Waals surface area contributed by atoms with Gasteiger partial charge < -0.3 is 9.47 Å². The second kappa shape index (κ2) is 12.0. The number of carbonyl (C=O) groups excluding carboxylic acids is 2. The van der Waals surface area contributed by atoms with E-state index in [1.54, 1.807) is 36.7 Å². The summed E-state index contributed by atoms with van der Waals surface area (Å²) in [5.41, 5.74) is 2.28. The number of rotatable bonds is 9. The van der Waals surface area contributed by atoms with Crippen LogP contribution in [0.25, 0.3) is 5.69 Å². The summed E-state index contributed by atoms with van der Waals surface area (Å²) in [6, 6.07) is 8.76. The fourth-order valence-corrected chi connectivity index (χ4v) is 5.28. The lowest BCUT2D eigenvalue weighted by Crippen LogP contribution is -2.11. The molecule has 1 fully saturated rings. The van der Waals surface area contributed by atoms with Crippen LogP contribution in [-0.2, 0) is 30.4 Å². The Balaban J connectivity index is 1.35. The van der Waals surface area contributed by atoms with Crippen molar-refractivity contribution in [1.29, 1.82) is 0 Å². The predicted molar refractivity (Wildman–Crippen MR) is 155 cm³/mol. The van der Waals surface area contributed by atoms with Crippen molar-refractivity contribution in [1.82, 2.24) is 19.4 Å². The zero-order valence-electron chi connectivity index (χ0n) is 23.5. The Labute approximate surface area is 246 Å². The quantitative estimate of drug-likeness (QED) is 0.175. The molecule has 0 unspecified atom stereocenters. The Hall–Kier alpha value is -4.07. The summed E-state index contributed by atoms with van der Waals surface area (Å²) in [7, 11) is 3.76. The van der Waals surface area contributed by atoms with Gasteiger partial charge in [-0.15, -0.1) is 11.3 Å². The average Bonchev–Trinajstić information content (AvgIpc) is 3.53. The lowest BCUT2D eigenvalue weighted by molar-refractivity contribution is -0.137. The van der Waals surface area contributed by atoms with Crippen molar-refractivity contribution in [2.45, 2.75) is 45.3 Å². The maximum Gasteiger partial charge on any atom is 0.416 e. The van der Waals surface area contributed by atoms with Crippen molar-refractivity contribution in [3.8, 4) is 17.5 Å². The normalized spacial score (nSPS) is 13.2. The Bertz CT molecular complexity index is 1700. The minimum atomic E-state index is -4.57. The standard InChI is InChI=1S/C32H29F3N4O2S/c1-20-4-5-24(13-23(20)8-9-28-16-36-31(42-28)15-30(41)22-6-7-22)29(40)12-21-10-25(32(33,34)35)14-27(11-21)39-18-26(37-19-39)17-38(2)3/h4-5,10-11,13-14,16,18-19,22H,6-7,12,15,17H2,1-3H3. The van der Waals surface area contributed by atoms with E-state index in [0.717, 1.165) is 40.4 Å². The molecule has 2 aromatic carbocycles. The third-order valence-electron chi connectivity index (χ3n) is 6.87. The zero-order chi connectivity index (χ0) is 30.0. The molecule has 0 radical (unpaired) electrons. The van der Waals surface area contributed by atoms with E-state index in [1.165, 1.54) is 22.2 Å². The SMILES string of the molecule is Cc1ccc(C(=O)Cc2cc(-n3cnc(CN(C)C)c3)cc(C(F)(F)F)c2)cc1C#Cc1cnc(CC(=O)C2CC2)s1. The number of nitrogens with zero attached hydrogens (tertiary/aromatic N) is 4. The highest BCUT2D eigenvalue weighted by atomic mass is 32.1. The highest BCUT2D eigenvalue weighted by molar-refractivity contribution is 7.12. The molecule has 5 rings (SSSR count). The summed E-state index contributed by atoms with van der Waals surface area (Å²) < 4.78 is 42.9. The van der Waals surface area contributed by atoms with Crippen LogP contribution < -0.4 is 0 Å². The lowest BCUT2D eigenvalue weighted by Gasteiger charge is -2.13. The van der Waals surface area contributed by atoms with E-state index in [0.29, 0.717) is 29.8 Å². The number of imidazole rings is 1. The molecule has 0 bridgehead atoms. The van der Waals surface area contributed by atoms with Gasteiger partial charge in [0, 0.05) is 41.9 Å². The number of aryl methyl sites for hydroxylation is 1. The van der Waals surface area contributed by atoms with Gasteiger partial charge in [0.15, 0.2) is 5.78 Å². The van der Waals surface area contributed by atoms with Crippen LogP contribution in [0.5, 0.6) is 0 Å². The van der Waals surface area contributed by atoms with Crippen LogP contribution in [-0.4, -0.2) is 45.1 Å². The number of carbonyl (C=O) groups is 2. The van der Waals surface area contributed by atoms with Crippen molar-refractivity contribution in [3.05, 3.63) is 98.5 Å². The first-order valence-corrected chi connectivity index (χ1v) is 14.3. The summed E-state index contributed by atoms with van der Waals surface area (Å²) in [6.45, 7) is 2.42. The largest absolute Gasteiger partial charge is 0.416 e. The molecule has 0 amide bonds. The molecule has 0 spiro atoms. The van der Waals surface area contributed by atoms with Crippen LogP contribution in [0.4, 0.5) is 13.2 Å². The van der Waals surface area contributed by atoms with E-state index in [9.17, 15) is 22.8 Å². The molecule has 2 aromatic heterocycles. The van der Waals surface area contributed by atoms with Crippen LogP contribution in [0.3, 0.4) is 0 Å². The first-order valence-electron chi connectivity index (χ1n) is 13.5. The Morgan fingerprint density at radius 3 is 2.57 bits per heavy atom. The summed E-state index contributed by atoms with van der Waals surface area (Å²) in [6.07, 6.45) is 2.27. The summed E-state index contributed by atoms with van der Waals surface area (Å²) in [5, 5.41) is 0.738. The minimum absolute atomic E-state index is 0.181. The highest BCUT2D eigenvalue weighted by Gasteiger charge is 2.32. The molecular weight excluding hydrogens is 561 g/mol. The number of benzene rings is 2. The Morgan fingerprint density at radius 2 is 1.86 bits per heavy atom. The molecule has 0 saturated heterocycles. The van der Waals surface area contributed by atoms with Crippen molar-refractivity contribution >= 4 is 22.9 Å². The molecule has 42 heavy (non-hydrogen) atoms. The van der Waals surface area contributed by atoms with Crippen molar-refractivity contribution in [2.75, 3.05) is 14.1 Å². The number of hydrogen-bond donors (Lipinski definition) is 0. The van der Waals surface area contributed by atoms with Crippen molar-refractivity contribution in [3.63, 3.8) is 0 Å². The zero-order valence-corrected chi connectivity index (χ0v) is 24.3. The minimum Gasteiger partial charge on any atom is -0.306 e. The summed E-state index contributed by atoms with van der Waals surface area (Å²) in [5.74, 6) is 6.24. The molecule has 0 atom stereocenters. The maximum atomic E-state index is 13.8. The number of thiazole rings is 1.